The van der Waals surface area contributed by atoms with E-state index in [0.717, 1.165) is 0 Å². The van der Waals surface area contributed by atoms with E-state index in [1.807, 2.05) is 13.1 Å². The van der Waals surface area contributed by atoms with Crippen LogP contribution in [0.25, 0.3) is 0 Å². The van der Waals surface area contributed by atoms with Gasteiger partial charge in [0.25, 0.3) is 0 Å². The highest BCUT2D eigenvalue weighted by molar-refractivity contribution is 5.78. The molecule has 0 atom stereocenters. The fourth-order valence-electron chi connectivity index (χ4n) is 0.290. The highest BCUT2D eigenvalue weighted by atomic mass is 15.3. The van der Waals surface area contributed by atoms with Crippen LogP contribution in [0, 0.1) is 0 Å². The quantitative estimate of drug-likeness (QED) is 0.440. The molecule has 0 aromatic rings. The summed E-state index contributed by atoms with van der Waals surface area (Å²) in [7, 11) is 1.79. The summed E-state index contributed by atoms with van der Waals surface area (Å²) in [5.41, 5.74) is 5.20. The van der Waals surface area contributed by atoms with Crippen molar-refractivity contribution in [2.75, 3.05) is 7.05 Å². The molecular formula is C7H14N2. The fourth-order valence-corrected chi connectivity index (χ4v) is 0.290. The molecule has 1 N–H and O–H groups in total. The lowest BCUT2D eigenvalue weighted by Crippen LogP contribution is -1.94. The van der Waals surface area contributed by atoms with E-state index in [-0.39, 0.29) is 0 Å². The zero-order valence-corrected chi connectivity index (χ0v) is 6.52. The van der Waals surface area contributed by atoms with E-state index in [1.165, 1.54) is 11.1 Å². The normalized spacial score (nSPS) is 9.78. The van der Waals surface area contributed by atoms with Gasteiger partial charge in [0.15, 0.2) is 0 Å². The maximum absolute atomic E-state index is 3.86. The van der Waals surface area contributed by atoms with E-state index in [9.17, 15) is 0 Å². The topological polar surface area (TPSA) is 24.4 Å². The number of hydrazone groups is 1. The summed E-state index contributed by atoms with van der Waals surface area (Å²) in [4.78, 5) is 0. The van der Waals surface area contributed by atoms with Gasteiger partial charge in [-0.3, -0.25) is 0 Å². The molecule has 0 aromatic heterocycles. The number of hydrogen-bond donors (Lipinski definition) is 1. The van der Waals surface area contributed by atoms with Gasteiger partial charge in [-0.15, -0.1) is 0 Å². The van der Waals surface area contributed by atoms with E-state index in [2.05, 4.69) is 24.4 Å². The molecule has 0 saturated heterocycles. The summed E-state index contributed by atoms with van der Waals surface area (Å²) in [6, 6.07) is 0. The minimum atomic E-state index is 1.21. The third-order valence-corrected chi connectivity index (χ3v) is 1.18. The molecule has 0 amide bonds. The molecule has 0 unspecified atom stereocenters. The number of rotatable bonds is 2. The Labute approximate surface area is 56.7 Å². The molecule has 0 aliphatic carbocycles. The largest absolute Gasteiger partial charge is 0.313 e. The predicted octanol–water partition coefficient (Wildman–Crippen LogP) is 1.55. The Hall–Kier alpha value is -0.790. The first-order valence-corrected chi connectivity index (χ1v) is 3.02. The SMILES string of the molecule is CN/N=C\C(C)=C(C)C. The zero-order valence-electron chi connectivity index (χ0n) is 6.52. The second-order valence-electron chi connectivity index (χ2n) is 2.16. The first kappa shape index (κ1) is 8.21. The van der Waals surface area contributed by atoms with Gasteiger partial charge >= 0.3 is 0 Å². The van der Waals surface area contributed by atoms with Crippen LogP contribution in [-0.2, 0) is 0 Å². The molecule has 0 aliphatic rings. The van der Waals surface area contributed by atoms with E-state index in [1.54, 1.807) is 7.05 Å². The Bertz CT molecular complexity index is 130. The van der Waals surface area contributed by atoms with E-state index >= 15 is 0 Å². The van der Waals surface area contributed by atoms with Crippen LogP contribution in [-0.4, -0.2) is 13.3 Å². The zero-order chi connectivity index (χ0) is 7.28. The minimum Gasteiger partial charge on any atom is -0.313 e. The summed E-state index contributed by atoms with van der Waals surface area (Å²) >= 11 is 0. The molecule has 0 radical (unpaired) electrons. The number of hydrogen-bond acceptors (Lipinski definition) is 2. The molecule has 0 rings (SSSR count). The van der Waals surface area contributed by atoms with Gasteiger partial charge < -0.3 is 5.43 Å². The third-order valence-electron chi connectivity index (χ3n) is 1.18. The van der Waals surface area contributed by atoms with Crippen LogP contribution < -0.4 is 5.43 Å². The molecule has 0 saturated carbocycles. The molecular weight excluding hydrogens is 112 g/mol. The molecule has 2 nitrogen and oxygen atoms in total. The highest BCUT2D eigenvalue weighted by Gasteiger charge is 1.83. The molecule has 0 spiro atoms. The maximum atomic E-state index is 3.86. The van der Waals surface area contributed by atoms with Crippen LogP contribution in [0.2, 0.25) is 0 Å². The van der Waals surface area contributed by atoms with Crippen LogP contribution in [0.4, 0.5) is 0 Å². The van der Waals surface area contributed by atoms with Crippen molar-refractivity contribution < 1.29 is 0 Å². The average molecular weight is 126 g/mol. The lowest BCUT2D eigenvalue weighted by Gasteiger charge is -1.92. The lowest BCUT2D eigenvalue weighted by molar-refractivity contribution is 0.907. The molecule has 0 aromatic carbocycles. The van der Waals surface area contributed by atoms with Gasteiger partial charge in [-0.2, -0.15) is 5.10 Å². The number of nitrogens with zero attached hydrogens (tertiary/aromatic N) is 1. The summed E-state index contributed by atoms with van der Waals surface area (Å²) in [5.74, 6) is 0. The van der Waals surface area contributed by atoms with Crippen molar-refractivity contribution >= 4 is 6.21 Å². The van der Waals surface area contributed by atoms with Crippen molar-refractivity contribution in [3.8, 4) is 0 Å². The van der Waals surface area contributed by atoms with Gasteiger partial charge in [-0.05, 0) is 26.3 Å². The minimum absolute atomic E-state index is 1.21. The van der Waals surface area contributed by atoms with Crippen LogP contribution in [0.5, 0.6) is 0 Å². The summed E-state index contributed by atoms with van der Waals surface area (Å²) in [5, 5.41) is 3.86. The lowest BCUT2D eigenvalue weighted by atomic mass is 10.2. The van der Waals surface area contributed by atoms with Gasteiger partial charge in [-0.25, -0.2) is 0 Å². The van der Waals surface area contributed by atoms with E-state index < -0.39 is 0 Å². The van der Waals surface area contributed by atoms with Crippen LogP contribution in [0.1, 0.15) is 20.8 Å². The Morgan fingerprint density at radius 3 is 2.22 bits per heavy atom. The summed E-state index contributed by atoms with van der Waals surface area (Å²) in [6.45, 7) is 6.17. The van der Waals surface area contributed by atoms with Gasteiger partial charge in [0, 0.05) is 13.3 Å². The van der Waals surface area contributed by atoms with Crippen molar-refractivity contribution in [3.05, 3.63) is 11.1 Å². The standard InChI is InChI=1S/C7H14N2/c1-6(2)7(3)5-9-8-4/h5,8H,1-4H3/b9-5-. The number of nitrogens with one attached hydrogen (secondary N) is 1. The molecule has 0 heterocycles. The molecule has 9 heavy (non-hydrogen) atoms. The maximum Gasteiger partial charge on any atom is 0.0496 e. The van der Waals surface area contributed by atoms with E-state index in [4.69, 9.17) is 0 Å². The summed E-state index contributed by atoms with van der Waals surface area (Å²) in [6.07, 6.45) is 1.81. The van der Waals surface area contributed by atoms with Crippen LogP contribution >= 0.6 is 0 Å². The first-order valence-electron chi connectivity index (χ1n) is 3.02. The Kier molecular flexibility index (Phi) is 3.76. The molecule has 2 heteroatoms. The predicted molar refractivity (Wildman–Crippen MR) is 41.6 cm³/mol. The molecule has 0 bridgehead atoms. The van der Waals surface area contributed by atoms with E-state index in [0.29, 0.717) is 0 Å². The second kappa shape index (κ2) is 4.13. The van der Waals surface area contributed by atoms with Gasteiger partial charge in [-0.1, -0.05) is 5.57 Å². The Morgan fingerprint density at radius 2 is 1.89 bits per heavy atom. The van der Waals surface area contributed by atoms with Crippen molar-refractivity contribution in [1.29, 1.82) is 0 Å². The van der Waals surface area contributed by atoms with Crippen molar-refractivity contribution in [3.63, 3.8) is 0 Å². The van der Waals surface area contributed by atoms with Gasteiger partial charge in [0.2, 0.25) is 0 Å². The monoisotopic (exact) mass is 126 g/mol. The second-order valence-corrected chi connectivity index (χ2v) is 2.16. The third kappa shape index (κ3) is 3.76. The van der Waals surface area contributed by atoms with Crippen LogP contribution in [0.15, 0.2) is 16.2 Å². The Balaban J connectivity index is 3.91. The number of allylic oxidation sites excluding steroid dienone is 2. The molecule has 0 fully saturated rings. The summed E-state index contributed by atoms with van der Waals surface area (Å²) < 4.78 is 0. The first-order chi connectivity index (χ1) is 4.18. The van der Waals surface area contributed by atoms with Crippen molar-refractivity contribution in [1.82, 2.24) is 5.43 Å². The van der Waals surface area contributed by atoms with Gasteiger partial charge in [0.1, 0.15) is 0 Å². The van der Waals surface area contributed by atoms with Crippen molar-refractivity contribution in [2.24, 2.45) is 5.10 Å². The van der Waals surface area contributed by atoms with Gasteiger partial charge in [0.05, 0.1) is 0 Å². The Morgan fingerprint density at radius 1 is 1.33 bits per heavy atom. The highest BCUT2D eigenvalue weighted by Crippen LogP contribution is 1.96. The van der Waals surface area contributed by atoms with Crippen molar-refractivity contribution in [2.45, 2.75) is 20.8 Å². The molecule has 52 valence electrons. The average Bonchev–Trinajstić information content (AvgIpc) is 1.82. The fraction of sp³-hybridized carbons (Fsp3) is 0.571. The molecule has 0 aliphatic heterocycles. The smallest absolute Gasteiger partial charge is 0.0496 e. The van der Waals surface area contributed by atoms with Crippen LogP contribution in [0.3, 0.4) is 0 Å².